The standard InChI is InChI=1S/C14H15ClO2/c1-3-16-13-7-5-6-11-10(13)8-9-12(15)14(11)17-4-2/h5-9H,3-4H2,1-2H3. The summed E-state index contributed by atoms with van der Waals surface area (Å²) in [5.41, 5.74) is 0. The van der Waals surface area contributed by atoms with Crippen molar-refractivity contribution in [1.29, 1.82) is 0 Å². The first-order chi connectivity index (χ1) is 8.27. The Morgan fingerprint density at radius 3 is 2.41 bits per heavy atom. The fraction of sp³-hybridized carbons (Fsp3) is 0.286. The minimum atomic E-state index is 0.595. The van der Waals surface area contributed by atoms with Gasteiger partial charge in [-0.25, -0.2) is 0 Å². The fourth-order valence-electron chi connectivity index (χ4n) is 1.85. The molecule has 0 fully saturated rings. The van der Waals surface area contributed by atoms with Crippen molar-refractivity contribution in [2.75, 3.05) is 13.2 Å². The van der Waals surface area contributed by atoms with E-state index in [2.05, 4.69) is 0 Å². The topological polar surface area (TPSA) is 18.5 Å². The third kappa shape index (κ3) is 2.32. The SMILES string of the molecule is CCOc1cccc2c(OCC)c(Cl)ccc12. The van der Waals surface area contributed by atoms with Crippen LogP contribution >= 0.6 is 11.6 Å². The first-order valence-corrected chi connectivity index (χ1v) is 6.12. The van der Waals surface area contributed by atoms with E-state index in [0.717, 1.165) is 22.3 Å². The molecular weight excluding hydrogens is 236 g/mol. The number of halogens is 1. The van der Waals surface area contributed by atoms with Crippen molar-refractivity contribution in [2.24, 2.45) is 0 Å². The van der Waals surface area contributed by atoms with Crippen LogP contribution in [0.25, 0.3) is 10.8 Å². The number of ether oxygens (including phenoxy) is 2. The Balaban J connectivity index is 2.64. The largest absolute Gasteiger partial charge is 0.493 e. The number of benzene rings is 2. The van der Waals surface area contributed by atoms with E-state index in [9.17, 15) is 0 Å². The van der Waals surface area contributed by atoms with Crippen molar-refractivity contribution in [1.82, 2.24) is 0 Å². The smallest absolute Gasteiger partial charge is 0.145 e. The summed E-state index contributed by atoms with van der Waals surface area (Å²) in [6.45, 7) is 5.16. The molecule has 0 radical (unpaired) electrons. The lowest BCUT2D eigenvalue weighted by atomic mass is 10.1. The summed E-state index contributed by atoms with van der Waals surface area (Å²) in [4.78, 5) is 0. The highest BCUT2D eigenvalue weighted by Crippen LogP contribution is 2.37. The van der Waals surface area contributed by atoms with Crippen molar-refractivity contribution in [3.05, 3.63) is 35.4 Å². The number of rotatable bonds is 4. The summed E-state index contributed by atoms with van der Waals surface area (Å²) in [7, 11) is 0. The Labute approximate surface area is 106 Å². The molecule has 2 aromatic carbocycles. The number of fused-ring (bicyclic) bond motifs is 1. The van der Waals surface area contributed by atoms with E-state index in [-0.39, 0.29) is 0 Å². The molecule has 0 aliphatic heterocycles. The zero-order chi connectivity index (χ0) is 12.3. The summed E-state index contributed by atoms with van der Waals surface area (Å²) in [5, 5.41) is 2.65. The Bertz CT molecular complexity index is 523. The van der Waals surface area contributed by atoms with Gasteiger partial charge in [-0.2, -0.15) is 0 Å². The molecule has 90 valence electrons. The van der Waals surface area contributed by atoms with Gasteiger partial charge in [0, 0.05) is 10.8 Å². The Morgan fingerprint density at radius 1 is 0.941 bits per heavy atom. The van der Waals surface area contributed by atoms with Crippen molar-refractivity contribution >= 4 is 22.4 Å². The van der Waals surface area contributed by atoms with E-state index in [1.54, 1.807) is 0 Å². The van der Waals surface area contributed by atoms with Crippen LogP contribution in [-0.4, -0.2) is 13.2 Å². The molecule has 2 aromatic rings. The molecule has 0 unspecified atom stereocenters. The molecule has 0 saturated carbocycles. The minimum absolute atomic E-state index is 0.595. The molecule has 0 aliphatic rings. The lowest BCUT2D eigenvalue weighted by Gasteiger charge is -2.12. The molecule has 2 rings (SSSR count). The van der Waals surface area contributed by atoms with Crippen LogP contribution in [0.3, 0.4) is 0 Å². The highest BCUT2D eigenvalue weighted by Gasteiger charge is 2.10. The number of hydrogen-bond donors (Lipinski definition) is 0. The van der Waals surface area contributed by atoms with Gasteiger partial charge in [0.1, 0.15) is 11.5 Å². The zero-order valence-electron chi connectivity index (χ0n) is 10.00. The van der Waals surface area contributed by atoms with Crippen molar-refractivity contribution in [2.45, 2.75) is 13.8 Å². The van der Waals surface area contributed by atoms with Gasteiger partial charge in [-0.15, -0.1) is 0 Å². The molecule has 0 N–H and O–H groups in total. The molecular formula is C14H15ClO2. The fourth-order valence-corrected chi connectivity index (χ4v) is 2.07. The van der Waals surface area contributed by atoms with Gasteiger partial charge in [0.25, 0.3) is 0 Å². The molecule has 0 atom stereocenters. The van der Waals surface area contributed by atoms with Crippen LogP contribution in [0.15, 0.2) is 30.3 Å². The van der Waals surface area contributed by atoms with Gasteiger partial charge in [0.05, 0.1) is 18.2 Å². The third-order valence-electron chi connectivity index (χ3n) is 2.51. The molecule has 0 amide bonds. The van der Waals surface area contributed by atoms with Gasteiger partial charge in [0.2, 0.25) is 0 Å². The van der Waals surface area contributed by atoms with Gasteiger partial charge in [-0.05, 0) is 32.0 Å². The number of hydrogen-bond acceptors (Lipinski definition) is 2. The van der Waals surface area contributed by atoms with Crippen LogP contribution in [0.5, 0.6) is 11.5 Å². The summed E-state index contributed by atoms with van der Waals surface area (Å²) < 4.78 is 11.2. The summed E-state index contributed by atoms with van der Waals surface area (Å²) in [6, 6.07) is 9.71. The minimum Gasteiger partial charge on any atom is -0.493 e. The first kappa shape index (κ1) is 12.1. The summed E-state index contributed by atoms with van der Waals surface area (Å²) >= 11 is 6.15. The average Bonchev–Trinajstić information content (AvgIpc) is 2.34. The van der Waals surface area contributed by atoms with E-state index in [1.807, 2.05) is 44.2 Å². The van der Waals surface area contributed by atoms with Crippen LogP contribution in [0.2, 0.25) is 5.02 Å². The van der Waals surface area contributed by atoms with Crippen LogP contribution in [0.4, 0.5) is 0 Å². The molecule has 0 saturated heterocycles. The van der Waals surface area contributed by atoms with Crippen molar-refractivity contribution < 1.29 is 9.47 Å². The van der Waals surface area contributed by atoms with Crippen LogP contribution in [0, 0.1) is 0 Å². The average molecular weight is 251 g/mol. The van der Waals surface area contributed by atoms with Crippen LogP contribution < -0.4 is 9.47 Å². The van der Waals surface area contributed by atoms with Crippen LogP contribution in [-0.2, 0) is 0 Å². The quantitative estimate of drug-likeness (QED) is 0.806. The van der Waals surface area contributed by atoms with Crippen LogP contribution in [0.1, 0.15) is 13.8 Å². The maximum atomic E-state index is 6.15. The van der Waals surface area contributed by atoms with E-state index in [4.69, 9.17) is 21.1 Å². The maximum absolute atomic E-state index is 6.15. The van der Waals surface area contributed by atoms with E-state index < -0.39 is 0 Å². The molecule has 0 bridgehead atoms. The molecule has 17 heavy (non-hydrogen) atoms. The van der Waals surface area contributed by atoms with Gasteiger partial charge in [-0.1, -0.05) is 23.7 Å². The molecule has 0 aliphatic carbocycles. The van der Waals surface area contributed by atoms with E-state index in [0.29, 0.717) is 18.2 Å². The molecule has 0 spiro atoms. The summed E-state index contributed by atoms with van der Waals surface area (Å²) in [5.74, 6) is 1.59. The van der Waals surface area contributed by atoms with E-state index >= 15 is 0 Å². The first-order valence-electron chi connectivity index (χ1n) is 5.74. The molecule has 3 heteroatoms. The molecule has 0 heterocycles. The Kier molecular flexibility index (Phi) is 3.75. The predicted molar refractivity (Wildman–Crippen MR) is 71.3 cm³/mol. The second-order valence-corrected chi connectivity index (χ2v) is 4.00. The van der Waals surface area contributed by atoms with Crippen molar-refractivity contribution in [3.63, 3.8) is 0 Å². The second-order valence-electron chi connectivity index (χ2n) is 3.59. The Morgan fingerprint density at radius 2 is 1.71 bits per heavy atom. The van der Waals surface area contributed by atoms with Gasteiger partial charge < -0.3 is 9.47 Å². The molecule has 2 nitrogen and oxygen atoms in total. The lowest BCUT2D eigenvalue weighted by molar-refractivity contribution is 0.341. The third-order valence-corrected chi connectivity index (χ3v) is 2.81. The maximum Gasteiger partial charge on any atom is 0.145 e. The normalized spacial score (nSPS) is 10.5. The lowest BCUT2D eigenvalue weighted by Crippen LogP contribution is -1.96. The van der Waals surface area contributed by atoms with Gasteiger partial charge in [0.15, 0.2) is 0 Å². The molecule has 0 aromatic heterocycles. The van der Waals surface area contributed by atoms with E-state index in [1.165, 1.54) is 0 Å². The summed E-state index contributed by atoms with van der Waals surface area (Å²) in [6.07, 6.45) is 0. The van der Waals surface area contributed by atoms with Gasteiger partial charge >= 0.3 is 0 Å². The monoisotopic (exact) mass is 250 g/mol. The predicted octanol–water partition coefficient (Wildman–Crippen LogP) is 4.29. The Hall–Kier alpha value is -1.41. The van der Waals surface area contributed by atoms with Gasteiger partial charge in [-0.3, -0.25) is 0 Å². The zero-order valence-corrected chi connectivity index (χ0v) is 10.8. The second kappa shape index (κ2) is 5.28. The van der Waals surface area contributed by atoms with Crippen molar-refractivity contribution in [3.8, 4) is 11.5 Å². The highest BCUT2D eigenvalue weighted by molar-refractivity contribution is 6.33. The highest BCUT2D eigenvalue weighted by atomic mass is 35.5.